The first-order valence-corrected chi connectivity index (χ1v) is 8.74. The van der Waals surface area contributed by atoms with E-state index in [0.29, 0.717) is 29.1 Å². The van der Waals surface area contributed by atoms with Gasteiger partial charge in [0.05, 0.1) is 6.26 Å². The zero-order chi connectivity index (χ0) is 17.8. The van der Waals surface area contributed by atoms with E-state index in [4.69, 9.17) is 8.94 Å². The van der Waals surface area contributed by atoms with Crippen LogP contribution >= 0.6 is 0 Å². The minimum Gasteiger partial charge on any atom is -0.465 e. The summed E-state index contributed by atoms with van der Waals surface area (Å²) in [6, 6.07) is 11.0. The lowest BCUT2D eigenvalue weighted by Gasteiger charge is -2.03. The molecule has 0 radical (unpaired) electrons. The number of nitrogens with one attached hydrogen (secondary N) is 1. The molecule has 1 aromatic carbocycles. The Morgan fingerprint density at radius 3 is 2.88 bits per heavy atom. The van der Waals surface area contributed by atoms with Crippen molar-refractivity contribution in [1.29, 1.82) is 0 Å². The van der Waals surface area contributed by atoms with Crippen LogP contribution in [0.4, 0.5) is 5.69 Å². The molecular formula is C20H19N3O3. The topological polar surface area (TPSA) is 81.2 Å². The monoisotopic (exact) mass is 349 g/mol. The van der Waals surface area contributed by atoms with Gasteiger partial charge in [0.2, 0.25) is 17.6 Å². The van der Waals surface area contributed by atoms with Crippen molar-refractivity contribution >= 4 is 17.7 Å². The number of rotatable bonds is 5. The van der Waals surface area contributed by atoms with Crippen LogP contribution in [-0.2, 0) is 4.79 Å². The highest BCUT2D eigenvalue weighted by atomic mass is 16.5. The van der Waals surface area contributed by atoms with Crippen LogP contribution in [0.5, 0.6) is 0 Å². The van der Waals surface area contributed by atoms with Crippen LogP contribution in [0.25, 0.3) is 17.5 Å². The number of carbonyl (C=O) groups excluding carboxylic acids is 1. The Kier molecular flexibility index (Phi) is 4.64. The molecule has 1 aliphatic rings. The number of aromatic nitrogens is 2. The number of carbonyl (C=O) groups is 1. The molecule has 2 heterocycles. The standard InChI is InChI=1S/C20H19N3O3/c24-18(11-10-17-9-4-12-25-17)21-16-8-3-7-15(13-16)19-22-20(26-23-19)14-5-1-2-6-14/h3-4,7-14H,1-2,5-6H2,(H,21,24). The predicted molar refractivity (Wildman–Crippen MR) is 97.3 cm³/mol. The molecule has 1 saturated carbocycles. The highest BCUT2D eigenvalue weighted by molar-refractivity contribution is 6.02. The Balaban J connectivity index is 1.45. The van der Waals surface area contributed by atoms with Gasteiger partial charge in [-0.25, -0.2) is 0 Å². The molecule has 0 spiro atoms. The number of amides is 1. The van der Waals surface area contributed by atoms with Crippen LogP contribution in [0.1, 0.15) is 43.3 Å². The fraction of sp³-hybridized carbons (Fsp3) is 0.250. The molecule has 0 atom stereocenters. The normalized spacial score (nSPS) is 14.9. The van der Waals surface area contributed by atoms with Gasteiger partial charge in [-0.15, -0.1) is 0 Å². The van der Waals surface area contributed by atoms with E-state index >= 15 is 0 Å². The van der Waals surface area contributed by atoms with E-state index in [1.165, 1.54) is 18.9 Å². The third kappa shape index (κ3) is 3.74. The van der Waals surface area contributed by atoms with Crippen LogP contribution in [0.15, 0.2) is 57.7 Å². The summed E-state index contributed by atoms with van der Waals surface area (Å²) in [7, 11) is 0. The highest BCUT2D eigenvalue weighted by Gasteiger charge is 2.23. The van der Waals surface area contributed by atoms with Crippen molar-refractivity contribution in [2.45, 2.75) is 31.6 Å². The number of nitrogens with zero attached hydrogens (tertiary/aromatic N) is 2. The van der Waals surface area contributed by atoms with Gasteiger partial charge in [-0.05, 0) is 43.2 Å². The Labute approximate surface area is 150 Å². The summed E-state index contributed by atoms with van der Waals surface area (Å²) in [6.45, 7) is 0. The van der Waals surface area contributed by atoms with E-state index in [2.05, 4.69) is 15.5 Å². The SMILES string of the molecule is O=C(C=Cc1ccco1)Nc1cccc(-c2noc(C3CCCC3)n2)c1. The van der Waals surface area contributed by atoms with Crippen LogP contribution in [-0.4, -0.2) is 16.0 Å². The van der Waals surface area contributed by atoms with Crippen molar-refractivity contribution in [3.05, 3.63) is 60.4 Å². The number of anilines is 1. The summed E-state index contributed by atoms with van der Waals surface area (Å²) in [4.78, 5) is 16.6. The fourth-order valence-corrected chi connectivity index (χ4v) is 3.15. The third-order valence-electron chi connectivity index (χ3n) is 4.48. The third-order valence-corrected chi connectivity index (χ3v) is 4.48. The summed E-state index contributed by atoms with van der Waals surface area (Å²) in [5, 5.41) is 6.92. The van der Waals surface area contributed by atoms with Crippen molar-refractivity contribution in [1.82, 2.24) is 10.1 Å². The molecule has 3 aromatic rings. The van der Waals surface area contributed by atoms with Crippen LogP contribution in [0.3, 0.4) is 0 Å². The van der Waals surface area contributed by atoms with Crippen molar-refractivity contribution in [3.8, 4) is 11.4 Å². The van der Waals surface area contributed by atoms with Gasteiger partial charge in [-0.3, -0.25) is 4.79 Å². The minimum atomic E-state index is -0.238. The Morgan fingerprint density at radius 2 is 2.08 bits per heavy atom. The number of furan rings is 1. The molecule has 6 heteroatoms. The molecule has 6 nitrogen and oxygen atoms in total. The molecule has 1 amide bonds. The first kappa shape index (κ1) is 16.3. The Bertz CT molecular complexity index is 906. The molecule has 132 valence electrons. The van der Waals surface area contributed by atoms with Gasteiger partial charge in [0, 0.05) is 23.2 Å². The van der Waals surface area contributed by atoms with Gasteiger partial charge in [0.15, 0.2) is 0 Å². The molecule has 2 aromatic heterocycles. The zero-order valence-corrected chi connectivity index (χ0v) is 14.2. The average molecular weight is 349 g/mol. The van der Waals surface area contributed by atoms with Crippen molar-refractivity contribution in [2.24, 2.45) is 0 Å². The number of benzene rings is 1. The van der Waals surface area contributed by atoms with Crippen molar-refractivity contribution in [2.75, 3.05) is 5.32 Å². The molecule has 26 heavy (non-hydrogen) atoms. The molecule has 0 unspecified atom stereocenters. The zero-order valence-electron chi connectivity index (χ0n) is 14.2. The van der Waals surface area contributed by atoms with Crippen molar-refractivity contribution in [3.63, 3.8) is 0 Å². The van der Waals surface area contributed by atoms with Crippen LogP contribution in [0.2, 0.25) is 0 Å². The van der Waals surface area contributed by atoms with Gasteiger partial charge in [0.25, 0.3) is 0 Å². The molecule has 1 fully saturated rings. The quantitative estimate of drug-likeness (QED) is 0.679. The molecule has 0 aliphatic heterocycles. The molecule has 1 aliphatic carbocycles. The predicted octanol–water partition coefficient (Wildman–Crippen LogP) is 4.64. The number of hydrogen-bond acceptors (Lipinski definition) is 5. The largest absolute Gasteiger partial charge is 0.465 e. The average Bonchev–Trinajstić information content (AvgIpc) is 3.42. The lowest BCUT2D eigenvalue weighted by atomic mass is 10.1. The summed E-state index contributed by atoms with van der Waals surface area (Å²) in [5.41, 5.74) is 1.48. The maximum Gasteiger partial charge on any atom is 0.248 e. The second-order valence-corrected chi connectivity index (χ2v) is 6.36. The summed E-state index contributed by atoms with van der Waals surface area (Å²) >= 11 is 0. The van der Waals surface area contributed by atoms with Gasteiger partial charge in [0.1, 0.15) is 5.76 Å². The van der Waals surface area contributed by atoms with Gasteiger partial charge >= 0.3 is 0 Å². The highest BCUT2D eigenvalue weighted by Crippen LogP contribution is 2.34. The van der Waals surface area contributed by atoms with Gasteiger partial charge in [-0.2, -0.15) is 4.98 Å². The minimum absolute atomic E-state index is 0.238. The smallest absolute Gasteiger partial charge is 0.248 e. The maximum atomic E-state index is 12.0. The van der Waals surface area contributed by atoms with E-state index in [0.717, 1.165) is 18.4 Å². The first-order chi connectivity index (χ1) is 12.8. The lowest BCUT2D eigenvalue weighted by molar-refractivity contribution is -0.111. The molecule has 1 N–H and O–H groups in total. The van der Waals surface area contributed by atoms with Crippen molar-refractivity contribution < 1.29 is 13.7 Å². The second kappa shape index (κ2) is 7.39. The van der Waals surface area contributed by atoms with E-state index in [9.17, 15) is 4.79 Å². The van der Waals surface area contributed by atoms with Crippen LogP contribution in [0, 0.1) is 0 Å². The number of hydrogen-bond donors (Lipinski definition) is 1. The van der Waals surface area contributed by atoms with Gasteiger partial charge in [-0.1, -0.05) is 30.1 Å². The summed E-state index contributed by atoms with van der Waals surface area (Å²) in [6.07, 6.45) is 9.26. The van der Waals surface area contributed by atoms with E-state index in [1.807, 2.05) is 24.3 Å². The summed E-state index contributed by atoms with van der Waals surface area (Å²) in [5.74, 6) is 2.03. The Morgan fingerprint density at radius 1 is 1.19 bits per heavy atom. The van der Waals surface area contributed by atoms with Gasteiger partial charge < -0.3 is 14.3 Å². The second-order valence-electron chi connectivity index (χ2n) is 6.36. The van der Waals surface area contributed by atoms with Crippen LogP contribution < -0.4 is 5.32 Å². The molecule has 0 bridgehead atoms. The van der Waals surface area contributed by atoms with E-state index in [1.54, 1.807) is 24.5 Å². The molecular weight excluding hydrogens is 330 g/mol. The first-order valence-electron chi connectivity index (χ1n) is 8.74. The summed E-state index contributed by atoms with van der Waals surface area (Å²) < 4.78 is 10.6. The van der Waals surface area contributed by atoms with E-state index < -0.39 is 0 Å². The van der Waals surface area contributed by atoms with E-state index in [-0.39, 0.29) is 5.91 Å². The lowest BCUT2D eigenvalue weighted by Crippen LogP contribution is -2.07. The molecule has 4 rings (SSSR count). The molecule has 0 saturated heterocycles. The fourth-order valence-electron chi connectivity index (χ4n) is 3.15. The maximum absolute atomic E-state index is 12.0. The Hall–Kier alpha value is -3.15.